The molecule has 0 radical (unpaired) electrons. The topological polar surface area (TPSA) is 99.3 Å². The van der Waals surface area contributed by atoms with Gasteiger partial charge in [0.25, 0.3) is 5.91 Å². The monoisotopic (exact) mass is 450 g/mol. The number of carbonyl (C=O) groups is 4. The summed E-state index contributed by atoms with van der Waals surface area (Å²) in [5.74, 6) is 0.220. The Labute approximate surface area is 190 Å². The minimum Gasteiger partial charge on any atom is -0.449 e. The number of imide groups is 1. The van der Waals surface area contributed by atoms with Crippen LogP contribution in [0.2, 0.25) is 0 Å². The lowest BCUT2D eigenvalue weighted by Crippen LogP contribution is -2.54. The zero-order chi connectivity index (χ0) is 23.7. The van der Waals surface area contributed by atoms with E-state index >= 15 is 0 Å². The van der Waals surface area contributed by atoms with Crippen molar-refractivity contribution < 1.29 is 23.9 Å². The first-order valence-corrected chi connectivity index (χ1v) is 11.8. The van der Waals surface area contributed by atoms with Gasteiger partial charge in [0.1, 0.15) is 12.1 Å². The van der Waals surface area contributed by atoms with Gasteiger partial charge in [-0.2, -0.15) is 0 Å². The number of hydrogen-bond acceptors (Lipinski definition) is 5. The van der Waals surface area contributed by atoms with Crippen LogP contribution in [0.5, 0.6) is 0 Å². The largest absolute Gasteiger partial charge is 0.449 e. The van der Waals surface area contributed by atoms with Crippen molar-refractivity contribution in [2.75, 3.05) is 39.3 Å². The number of piperazine rings is 1. The molecular formula is C23H38N4O5. The second kappa shape index (κ2) is 9.27. The van der Waals surface area contributed by atoms with Crippen LogP contribution < -0.4 is 5.32 Å². The van der Waals surface area contributed by atoms with Crippen LogP contribution in [0, 0.1) is 17.3 Å². The molecule has 0 aromatic heterocycles. The van der Waals surface area contributed by atoms with Crippen LogP contribution in [-0.4, -0.2) is 83.5 Å². The zero-order valence-corrected chi connectivity index (χ0v) is 20.1. The van der Waals surface area contributed by atoms with E-state index in [0.717, 1.165) is 17.7 Å². The van der Waals surface area contributed by atoms with E-state index in [1.165, 1.54) is 0 Å². The molecule has 0 aromatic rings. The second-order valence-corrected chi connectivity index (χ2v) is 10.9. The molecule has 9 nitrogen and oxygen atoms in total. The Kier molecular flexibility index (Phi) is 7.05. The van der Waals surface area contributed by atoms with Gasteiger partial charge >= 0.3 is 12.1 Å². The molecule has 0 atom stereocenters. The van der Waals surface area contributed by atoms with Crippen LogP contribution in [0.4, 0.5) is 9.59 Å². The van der Waals surface area contributed by atoms with E-state index in [4.69, 9.17) is 4.74 Å². The summed E-state index contributed by atoms with van der Waals surface area (Å²) in [6.07, 6.45) is 2.62. The average molecular weight is 451 g/mol. The maximum atomic E-state index is 13.1. The predicted octanol–water partition coefficient (Wildman–Crippen LogP) is 2.45. The van der Waals surface area contributed by atoms with Crippen molar-refractivity contribution in [2.24, 2.45) is 17.3 Å². The molecule has 32 heavy (non-hydrogen) atoms. The van der Waals surface area contributed by atoms with E-state index in [0.29, 0.717) is 51.5 Å². The number of carbonyl (C=O) groups excluding carboxylic acids is 4. The summed E-state index contributed by atoms with van der Waals surface area (Å²) in [6, 6.07) is -0.478. The van der Waals surface area contributed by atoms with Crippen LogP contribution in [0.25, 0.3) is 0 Å². The molecule has 0 aromatic carbocycles. The summed E-state index contributed by atoms with van der Waals surface area (Å²) in [5.41, 5.74) is -0.690. The molecule has 1 spiro atoms. The average Bonchev–Trinajstić information content (AvgIpc) is 2.95. The number of urea groups is 1. The Morgan fingerprint density at radius 1 is 1.06 bits per heavy atom. The number of nitrogens with zero attached hydrogens (tertiary/aromatic N) is 3. The van der Waals surface area contributed by atoms with Crippen LogP contribution in [0.1, 0.15) is 60.3 Å². The lowest BCUT2D eigenvalue weighted by Gasteiger charge is -2.40. The third-order valence-corrected chi connectivity index (χ3v) is 7.03. The standard InChI is InChI=1S/C23H38N4O5/c1-16(2)15-32-21(31)26-12-10-25(11-13-26)18(28)14-27-19(29)23(24-20(27)30)8-6-17(7-9-23)22(3,4)5/h16-17H,6-15H2,1-5H3,(H,24,30). The molecule has 2 saturated heterocycles. The van der Waals surface area contributed by atoms with Gasteiger partial charge in [-0.05, 0) is 42.9 Å². The Bertz CT molecular complexity index is 744. The normalized spacial score (nSPS) is 26.7. The molecule has 1 N–H and O–H groups in total. The van der Waals surface area contributed by atoms with Crippen molar-refractivity contribution in [3.8, 4) is 0 Å². The molecule has 180 valence electrons. The highest BCUT2D eigenvalue weighted by atomic mass is 16.6. The Morgan fingerprint density at radius 3 is 2.16 bits per heavy atom. The van der Waals surface area contributed by atoms with Crippen molar-refractivity contribution in [3.63, 3.8) is 0 Å². The molecule has 1 saturated carbocycles. The molecule has 0 unspecified atom stereocenters. The van der Waals surface area contributed by atoms with E-state index in [-0.39, 0.29) is 35.8 Å². The smallest absolute Gasteiger partial charge is 0.409 e. The molecule has 0 bridgehead atoms. The second-order valence-electron chi connectivity index (χ2n) is 10.9. The zero-order valence-electron chi connectivity index (χ0n) is 20.1. The number of amides is 5. The predicted molar refractivity (Wildman–Crippen MR) is 119 cm³/mol. The van der Waals surface area contributed by atoms with Crippen molar-refractivity contribution in [3.05, 3.63) is 0 Å². The third-order valence-electron chi connectivity index (χ3n) is 7.03. The van der Waals surface area contributed by atoms with E-state index in [1.807, 2.05) is 13.8 Å². The molecular weight excluding hydrogens is 412 g/mol. The Balaban J connectivity index is 1.51. The SMILES string of the molecule is CC(C)COC(=O)N1CCN(C(=O)CN2C(=O)NC3(CCC(C(C)(C)C)CC3)C2=O)CC1. The highest BCUT2D eigenvalue weighted by Gasteiger charge is 2.53. The summed E-state index contributed by atoms with van der Waals surface area (Å²) < 4.78 is 5.24. The Hall–Kier alpha value is -2.32. The quantitative estimate of drug-likeness (QED) is 0.664. The summed E-state index contributed by atoms with van der Waals surface area (Å²) in [5, 5.41) is 2.89. The fourth-order valence-electron chi connectivity index (χ4n) is 4.84. The third kappa shape index (κ3) is 5.18. The summed E-state index contributed by atoms with van der Waals surface area (Å²) in [7, 11) is 0. The highest BCUT2D eigenvalue weighted by molar-refractivity contribution is 6.09. The number of nitrogens with one attached hydrogen (secondary N) is 1. The van der Waals surface area contributed by atoms with Crippen molar-refractivity contribution in [2.45, 2.75) is 65.8 Å². The summed E-state index contributed by atoms with van der Waals surface area (Å²) in [4.78, 5) is 54.9. The van der Waals surface area contributed by atoms with Gasteiger partial charge < -0.3 is 19.9 Å². The maximum Gasteiger partial charge on any atom is 0.409 e. The van der Waals surface area contributed by atoms with Crippen molar-refractivity contribution in [1.82, 2.24) is 20.0 Å². The molecule has 3 fully saturated rings. The van der Waals surface area contributed by atoms with E-state index in [9.17, 15) is 19.2 Å². The maximum absolute atomic E-state index is 13.1. The van der Waals surface area contributed by atoms with Crippen LogP contribution in [0.15, 0.2) is 0 Å². The molecule has 5 amide bonds. The van der Waals surface area contributed by atoms with E-state index < -0.39 is 11.6 Å². The van der Waals surface area contributed by atoms with Crippen LogP contribution >= 0.6 is 0 Å². The van der Waals surface area contributed by atoms with E-state index in [1.54, 1.807) is 9.80 Å². The van der Waals surface area contributed by atoms with Gasteiger partial charge in [-0.25, -0.2) is 9.59 Å². The molecule has 3 rings (SSSR count). The first-order valence-electron chi connectivity index (χ1n) is 11.8. The van der Waals surface area contributed by atoms with Crippen molar-refractivity contribution in [1.29, 1.82) is 0 Å². The first-order chi connectivity index (χ1) is 14.9. The van der Waals surface area contributed by atoms with Gasteiger partial charge in [-0.1, -0.05) is 34.6 Å². The van der Waals surface area contributed by atoms with E-state index in [2.05, 4.69) is 26.1 Å². The fraction of sp³-hybridized carbons (Fsp3) is 0.826. The molecule has 2 heterocycles. The van der Waals surface area contributed by atoms with Crippen LogP contribution in [0.3, 0.4) is 0 Å². The molecule has 2 aliphatic heterocycles. The minimum atomic E-state index is -0.863. The number of rotatable bonds is 4. The van der Waals surface area contributed by atoms with Crippen LogP contribution in [-0.2, 0) is 14.3 Å². The lowest BCUT2D eigenvalue weighted by atomic mass is 9.67. The van der Waals surface area contributed by atoms with Gasteiger partial charge in [0, 0.05) is 26.2 Å². The fourth-order valence-corrected chi connectivity index (χ4v) is 4.84. The van der Waals surface area contributed by atoms with Crippen molar-refractivity contribution >= 4 is 23.9 Å². The summed E-state index contributed by atoms with van der Waals surface area (Å²) in [6.45, 7) is 12.1. The first kappa shape index (κ1) is 24.3. The summed E-state index contributed by atoms with van der Waals surface area (Å²) >= 11 is 0. The van der Waals surface area contributed by atoms with Gasteiger partial charge in [-0.3, -0.25) is 14.5 Å². The lowest BCUT2D eigenvalue weighted by molar-refractivity contribution is -0.140. The molecule has 1 aliphatic carbocycles. The van der Waals surface area contributed by atoms with Gasteiger partial charge in [-0.15, -0.1) is 0 Å². The number of hydrogen-bond donors (Lipinski definition) is 1. The Morgan fingerprint density at radius 2 is 1.62 bits per heavy atom. The minimum absolute atomic E-state index is 0.173. The highest BCUT2D eigenvalue weighted by Crippen LogP contribution is 2.43. The molecule has 9 heteroatoms. The van der Waals surface area contributed by atoms with Gasteiger partial charge in [0.15, 0.2) is 0 Å². The van der Waals surface area contributed by atoms with Gasteiger partial charge in [0.2, 0.25) is 5.91 Å². The van der Waals surface area contributed by atoms with Gasteiger partial charge in [0.05, 0.1) is 6.61 Å². The molecule has 3 aliphatic rings. The number of ether oxygens (including phenoxy) is 1.